The Morgan fingerprint density at radius 1 is 1.29 bits per heavy atom. The van der Waals surface area contributed by atoms with Gasteiger partial charge in [0.15, 0.2) is 9.84 Å². The van der Waals surface area contributed by atoms with Crippen LogP contribution in [0.5, 0.6) is 0 Å². The van der Waals surface area contributed by atoms with Gasteiger partial charge in [0.1, 0.15) is 0 Å². The third kappa shape index (κ3) is 3.71. The molecular weight excluding hydrogens is 236 g/mol. The Morgan fingerprint density at radius 2 is 1.94 bits per heavy atom. The highest BCUT2D eigenvalue weighted by Crippen LogP contribution is 2.21. The van der Waals surface area contributed by atoms with Crippen LogP contribution in [0.15, 0.2) is 29.2 Å². The summed E-state index contributed by atoms with van der Waals surface area (Å²) in [6.45, 7) is 4.22. The van der Waals surface area contributed by atoms with Crippen LogP contribution in [-0.4, -0.2) is 26.8 Å². The smallest absolute Gasteiger partial charge is 0.180 e. The van der Waals surface area contributed by atoms with E-state index in [4.69, 9.17) is 5.73 Å². The summed E-state index contributed by atoms with van der Waals surface area (Å²) in [6, 6.07) is 6.97. The van der Waals surface area contributed by atoms with Gasteiger partial charge in [-0.3, -0.25) is 0 Å². The van der Waals surface area contributed by atoms with Gasteiger partial charge in [-0.2, -0.15) is 0 Å². The number of rotatable bonds is 6. The van der Waals surface area contributed by atoms with E-state index in [9.17, 15) is 8.42 Å². The van der Waals surface area contributed by atoms with Gasteiger partial charge in [-0.1, -0.05) is 26.0 Å². The fourth-order valence-electron chi connectivity index (χ4n) is 1.42. The fourth-order valence-corrected chi connectivity index (χ4v) is 2.50. The predicted molar refractivity (Wildman–Crippen MR) is 70.9 cm³/mol. The number of benzene rings is 1. The molecule has 5 heteroatoms. The molecule has 0 aliphatic carbocycles. The van der Waals surface area contributed by atoms with Crippen molar-refractivity contribution in [2.45, 2.75) is 31.2 Å². The molecule has 1 aromatic rings. The van der Waals surface area contributed by atoms with Crippen LogP contribution in [0, 0.1) is 0 Å². The predicted octanol–water partition coefficient (Wildman–Crippen LogP) is 1.63. The summed E-state index contributed by atoms with van der Waals surface area (Å²) in [7, 11) is -3.19. The number of nitrogens with two attached hydrogens (primary N) is 1. The van der Waals surface area contributed by atoms with Gasteiger partial charge in [-0.25, -0.2) is 8.42 Å². The summed E-state index contributed by atoms with van der Waals surface area (Å²) < 4.78 is 23.7. The minimum atomic E-state index is -3.19. The van der Waals surface area contributed by atoms with E-state index in [0.29, 0.717) is 17.1 Å². The lowest BCUT2D eigenvalue weighted by molar-refractivity contribution is 0.597. The molecule has 0 heterocycles. The second-order valence-electron chi connectivity index (χ2n) is 3.95. The standard InChI is InChI=1S/C12H20N2O2S/c1-3-10(13)9-14-11-7-5-6-8-12(11)17(15,16)4-2/h5-8,10,14H,3-4,9,13H2,1-2H3. The van der Waals surface area contributed by atoms with Crippen LogP contribution < -0.4 is 11.1 Å². The zero-order valence-electron chi connectivity index (χ0n) is 10.3. The maximum atomic E-state index is 11.9. The van der Waals surface area contributed by atoms with Crippen LogP contribution in [-0.2, 0) is 9.84 Å². The number of hydrogen-bond donors (Lipinski definition) is 2. The molecule has 3 N–H and O–H groups in total. The molecule has 0 amide bonds. The van der Waals surface area contributed by atoms with Crippen LogP contribution in [0.25, 0.3) is 0 Å². The Hall–Kier alpha value is -1.07. The molecule has 0 saturated heterocycles. The SMILES string of the molecule is CCC(N)CNc1ccccc1S(=O)(=O)CC. The van der Waals surface area contributed by atoms with E-state index in [0.717, 1.165) is 6.42 Å². The van der Waals surface area contributed by atoms with Crippen LogP contribution in [0.2, 0.25) is 0 Å². The highest BCUT2D eigenvalue weighted by atomic mass is 32.2. The first-order valence-electron chi connectivity index (χ1n) is 5.82. The molecule has 1 rings (SSSR count). The van der Waals surface area contributed by atoms with Gasteiger partial charge in [-0.15, -0.1) is 0 Å². The Bertz CT molecular complexity index is 457. The zero-order chi connectivity index (χ0) is 12.9. The van der Waals surface area contributed by atoms with E-state index < -0.39 is 9.84 Å². The number of anilines is 1. The van der Waals surface area contributed by atoms with Crippen LogP contribution in [0.4, 0.5) is 5.69 Å². The zero-order valence-corrected chi connectivity index (χ0v) is 11.1. The first kappa shape index (κ1) is 14.0. The minimum absolute atomic E-state index is 0.0346. The van der Waals surface area contributed by atoms with Gasteiger partial charge in [-0.05, 0) is 18.6 Å². The summed E-state index contributed by atoms with van der Waals surface area (Å²) in [5.74, 6) is 0.103. The third-order valence-corrected chi connectivity index (χ3v) is 4.47. The summed E-state index contributed by atoms with van der Waals surface area (Å²) in [4.78, 5) is 0.353. The van der Waals surface area contributed by atoms with E-state index in [-0.39, 0.29) is 11.8 Å². The summed E-state index contributed by atoms with van der Waals surface area (Å²) in [6.07, 6.45) is 0.857. The molecule has 0 saturated carbocycles. The molecule has 0 bridgehead atoms. The highest BCUT2D eigenvalue weighted by molar-refractivity contribution is 7.91. The number of sulfone groups is 1. The Kier molecular flexibility index (Phi) is 4.96. The van der Waals surface area contributed by atoms with Crippen LogP contribution in [0.3, 0.4) is 0 Å². The summed E-state index contributed by atoms with van der Waals surface area (Å²) in [5, 5.41) is 3.10. The van der Waals surface area contributed by atoms with Crippen molar-refractivity contribution in [2.24, 2.45) is 5.73 Å². The molecule has 96 valence electrons. The lowest BCUT2D eigenvalue weighted by Gasteiger charge is -2.14. The molecule has 0 radical (unpaired) electrons. The molecule has 17 heavy (non-hydrogen) atoms. The molecule has 4 nitrogen and oxygen atoms in total. The average Bonchev–Trinajstić information content (AvgIpc) is 2.36. The Morgan fingerprint density at radius 3 is 2.53 bits per heavy atom. The third-order valence-electron chi connectivity index (χ3n) is 2.68. The van der Waals surface area contributed by atoms with E-state index in [1.165, 1.54) is 0 Å². The maximum absolute atomic E-state index is 11.9. The van der Waals surface area contributed by atoms with E-state index >= 15 is 0 Å². The number of hydrogen-bond acceptors (Lipinski definition) is 4. The van der Waals surface area contributed by atoms with Crippen molar-refractivity contribution in [3.05, 3.63) is 24.3 Å². The van der Waals surface area contributed by atoms with Crippen molar-refractivity contribution in [2.75, 3.05) is 17.6 Å². The fraction of sp³-hybridized carbons (Fsp3) is 0.500. The average molecular weight is 256 g/mol. The number of para-hydroxylation sites is 1. The van der Waals surface area contributed by atoms with E-state index in [1.54, 1.807) is 25.1 Å². The van der Waals surface area contributed by atoms with Gasteiger partial charge in [0.05, 0.1) is 16.3 Å². The topological polar surface area (TPSA) is 72.2 Å². The molecule has 0 spiro atoms. The lowest BCUT2D eigenvalue weighted by Crippen LogP contribution is -2.28. The molecule has 0 aromatic heterocycles. The van der Waals surface area contributed by atoms with Crippen molar-refractivity contribution < 1.29 is 8.42 Å². The van der Waals surface area contributed by atoms with Crippen molar-refractivity contribution in [3.63, 3.8) is 0 Å². The van der Waals surface area contributed by atoms with Crippen molar-refractivity contribution >= 4 is 15.5 Å². The van der Waals surface area contributed by atoms with Gasteiger partial charge in [0, 0.05) is 12.6 Å². The molecule has 0 aliphatic rings. The van der Waals surface area contributed by atoms with Crippen molar-refractivity contribution in [3.8, 4) is 0 Å². The summed E-state index contributed by atoms with van der Waals surface area (Å²) in [5.41, 5.74) is 6.44. The molecular formula is C12H20N2O2S. The normalized spacial score (nSPS) is 13.4. The van der Waals surface area contributed by atoms with Crippen molar-refractivity contribution in [1.29, 1.82) is 0 Å². The first-order valence-corrected chi connectivity index (χ1v) is 7.47. The Labute approximate surface area is 103 Å². The lowest BCUT2D eigenvalue weighted by atomic mass is 10.2. The van der Waals surface area contributed by atoms with Crippen LogP contribution in [0.1, 0.15) is 20.3 Å². The maximum Gasteiger partial charge on any atom is 0.180 e. The monoisotopic (exact) mass is 256 g/mol. The summed E-state index contributed by atoms with van der Waals surface area (Å²) >= 11 is 0. The molecule has 0 aliphatic heterocycles. The second kappa shape index (κ2) is 6.02. The van der Waals surface area contributed by atoms with Gasteiger partial charge >= 0.3 is 0 Å². The van der Waals surface area contributed by atoms with Gasteiger partial charge in [0.25, 0.3) is 0 Å². The Balaban J connectivity index is 2.93. The highest BCUT2D eigenvalue weighted by Gasteiger charge is 2.15. The van der Waals surface area contributed by atoms with E-state index in [1.807, 2.05) is 13.0 Å². The van der Waals surface area contributed by atoms with E-state index in [2.05, 4.69) is 5.32 Å². The first-order chi connectivity index (χ1) is 8.01. The van der Waals surface area contributed by atoms with Crippen molar-refractivity contribution in [1.82, 2.24) is 0 Å². The molecule has 1 atom stereocenters. The second-order valence-corrected chi connectivity index (χ2v) is 6.20. The van der Waals surface area contributed by atoms with Gasteiger partial charge in [0.2, 0.25) is 0 Å². The number of nitrogens with one attached hydrogen (secondary N) is 1. The van der Waals surface area contributed by atoms with Crippen LogP contribution >= 0.6 is 0 Å². The van der Waals surface area contributed by atoms with Gasteiger partial charge < -0.3 is 11.1 Å². The minimum Gasteiger partial charge on any atom is -0.382 e. The molecule has 0 fully saturated rings. The molecule has 1 aromatic carbocycles. The largest absolute Gasteiger partial charge is 0.382 e. The molecule has 1 unspecified atom stereocenters. The quantitative estimate of drug-likeness (QED) is 0.811.